The van der Waals surface area contributed by atoms with Crippen LogP contribution in [0.25, 0.3) is 0 Å². The van der Waals surface area contributed by atoms with Gasteiger partial charge < -0.3 is 13.8 Å². The topological polar surface area (TPSA) is 55.8 Å². The zero-order chi connectivity index (χ0) is 23.0. The maximum absolute atomic E-state index is 13.1. The second-order valence-electron chi connectivity index (χ2n) is 7.22. The highest BCUT2D eigenvalue weighted by atomic mass is 32.2. The van der Waals surface area contributed by atoms with Gasteiger partial charge in [0.1, 0.15) is 22.2 Å². The minimum atomic E-state index is -4.07. The highest BCUT2D eigenvalue weighted by molar-refractivity contribution is 7.99. The smallest absolute Gasteiger partial charge is 0.339 e. The zero-order valence-electron chi connectivity index (χ0n) is 17.4. The molecule has 0 aliphatic carbocycles. The number of hydrogen-bond acceptors (Lipinski definition) is 6. The van der Waals surface area contributed by atoms with Gasteiger partial charge in [-0.05, 0) is 78.9 Å². The van der Waals surface area contributed by atoms with Gasteiger partial charge in [-0.2, -0.15) is 8.42 Å². The van der Waals surface area contributed by atoms with Crippen molar-refractivity contribution >= 4 is 38.9 Å². The van der Waals surface area contributed by atoms with Crippen LogP contribution in [-0.2, 0) is 10.1 Å². The highest BCUT2D eigenvalue weighted by Gasteiger charge is 2.26. The second kappa shape index (κ2) is 8.46. The predicted molar refractivity (Wildman–Crippen MR) is 126 cm³/mol. The molecule has 0 bridgehead atoms. The molecule has 8 heteroatoms. The molecule has 166 valence electrons. The van der Waals surface area contributed by atoms with Gasteiger partial charge in [0, 0.05) is 15.5 Å². The Kier molecular flexibility index (Phi) is 5.47. The molecule has 0 saturated carbocycles. The SMILES string of the molecule is COc1ccc2c(c1)Sc1ccccc1N2c1ccc(S(=O)(=O)Oc2ccc(F)cc2)cc1. The van der Waals surface area contributed by atoms with E-state index in [1.165, 1.54) is 24.3 Å². The van der Waals surface area contributed by atoms with Crippen LogP contribution >= 0.6 is 11.8 Å². The van der Waals surface area contributed by atoms with E-state index in [0.717, 1.165) is 44.7 Å². The maximum Gasteiger partial charge on any atom is 0.339 e. The lowest BCUT2D eigenvalue weighted by Gasteiger charge is -2.33. The molecule has 33 heavy (non-hydrogen) atoms. The summed E-state index contributed by atoms with van der Waals surface area (Å²) in [5.41, 5.74) is 2.77. The normalized spacial score (nSPS) is 12.6. The summed E-state index contributed by atoms with van der Waals surface area (Å²) in [4.78, 5) is 4.20. The van der Waals surface area contributed by atoms with E-state index >= 15 is 0 Å². The van der Waals surface area contributed by atoms with E-state index in [9.17, 15) is 12.8 Å². The van der Waals surface area contributed by atoms with Gasteiger partial charge in [-0.25, -0.2) is 4.39 Å². The van der Waals surface area contributed by atoms with E-state index in [2.05, 4.69) is 4.90 Å². The zero-order valence-corrected chi connectivity index (χ0v) is 19.1. The number of hydrogen-bond donors (Lipinski definition) is 0. The van der Waals surface area contributed by atoms with Gasteiger partial charge in [-0.15, -0.1) is 0 Å². The van der Waals surface area contributed by atoms with Crippen molar-refractivity contribution in [3.05, 3.63) is 96.8 Å². The second-order valence-corrected chi connectivity index (χ2v) is 9.85. The summed E-state index contributed by atoms with van der Waals surface area (Å²) >= 11 is 1.66. The van der Waals surface area contributed by atoms with Gasteiger partial charge in [0.2, 0.25) is 0 Å². The van der Waals surface area contributed by atoms with Crippen LogP contribution in [-0.4, -0.2) is 15.5 Å². The molecule has 4 aromatic rings. The molecule has 5 nitrogen and oxygen atoms in total. The van der Waals surface area contributed by atoms with Crippen molar-refractivity contribution in [2.24, 2.45) is 0 Å². The Morgan fingerprint density at radius 2 is 1.45 bits per heavy atom. The number of fused-ring (bicyclic) bond motifs is 2. The molecular formula is C25H18FNO4S2. The fourth-order valence-corrected chi connectivity index (χ4v) is 5.59. The van der Waals surface area contributed by atoms with Gasteiger partial charge in [0.05, 0.1) is 18.5 Å². The van der Waals surface area contributed by atoms with Crippen molar-refractivity contribution in [1.82, 2.24) is 0 Å². The largest absolute Gasteiger partial charge is 0.497 e. The Morgan fingerprint density at radius 1 is 0.788 bits per heavy atom. The summed E-state index contributed by atoms with van der Waals surface area (Å²) in [6.45, 7) is 0. The molecule has 0 atom stereocenters. The van der Waals surface area contributed by atoms with E-state index < -0.39 is 15.9 Å². The lowest BCUT2D eigenvalue weighted by atomic mass is 10.2. The lowest BCUT2D eigenvalue weighted by molar-refractivity contribution is 0.413. The fourth-order valence-electron chi connectivity index (χ4n) is 3.57. The molecule has 0 radical (unpaired) electrons. The van der Waals surface area contributed by atoms with Crippen molar-refractivity contribution in [3.63, 3.8) is 0 Å². The monoisotopic (exact) mass is 479 g/mol. The summed E-state index contributed by atoms with van der Waals surface area (Å²) in [7, 11) is -2.43. The maximum atomic E-state index is 13.1. The van der Waals surface area contributed by atoms with E-state index in [0.29, 0.717) is 0 Å². The molecule has 0 unspecified atom stereocenters. The molecule has 4 aromatic carbocycles. The van der Waals surface area contributed by atoms with Crippen LogP contribution < -0.4 is 13.8 Å². The minimum Gasteiger partial charge on any atom is -0.497 e. The molecule has 0 spiro atoms. The van der Waals surface area contributed by atoms with E-state index in [-0.39, 0.29) is 10.6 Å². The Balaban J connectivity index is 1.51. The Labute approximate surface area is 195 Å². The third-order valence-electron chi connectivity index (χ3n) is 5.14. The molecule has 0 saturated heterocycles. The third kappa shape index (κ3) is 4.15. The van der Waals surface area contributed by atoms with Crippen molar-refractivity contribution in [2.45, 2.75) is 14.7 Å². The molecule has 1 aliphatic rings. The van der Waals surface area contributed by atoms with Gasteiger partial charge in [0.15, 0.2) is 0 Å². The number of para-hydroxylation sites is 1. The number of nitrogens with zero attached hydrogens (tertiary/aromatic N) is 1. The van der Waals surface area contributed by atoms with Crippen LogP contribution in [0.4, 0.5) is 21.5 Å². The summed E-state index contributed by atoms with van der Waals surface area (Å²) in [6.07, 6.45) is 0. The average molecular weight is 480 g/mol. The van der Waals surface area contributed by atoms with Crippen molar-refractivity contribution in [2.75, 3.05) is 12.0 Å². The molecule has 0 fully saturated rings. The summed E-state index contributed by atoms with van der Waals surface area (Å²) in [6, 6.07) is 25.2. The number of ether oxygens (including phenoxy) is 1. The van der Waals surface area contributed by atoms with Crippen molar-refractivity contribution in [3.8, 4) is 11.5 Å². The van der Waals surface area contributed by atoms with Gasteiger partial charge in [-0.1, -0.05) is 23.9 Å². The summed E-state index contributed by atoms with van der Waals surface area (Å²) in [5.74, 6) is 0.340. The van der Waals surface area contributed by atoms with E-state index in [1.54, 1.807) is 31.0 Å². The first-order valence-corrected chi connectivity index (χ1v) is 12.2. The highest BCUT2D eigenvalue weighted by Crippen LogP contribution is 2.52. The molecule has 1 aliphatic heterocycles. The first kappa shape index (κ1) is 21.4. The van der Waals surface area contributed by atoms with Crippen LogP contribution in [0.2, 0.25) is 0 Å². The van der Waals surface area contributed by atoms with Crippen LogP contribution in [0.1, 0.15) is 0 Å². The molecule has 0 N–H and O–H groups in total. The minimum absolute atomic E-state index is 0.00481. The van der Waals surface area contributed by atoms with Gasteiger partial charge in [0.25, 0.3) is 0 Å². The van der Waals surface area contributed by atoms with Gasteiger partial charge in [-0.3, -0.25) is 0 Å². The summed E-state index contributed by atoms with van der Waals surface area (Å²) in [5, 5.41) is 0. The molecule has 0 aromatic heterocycles. The Hall–Kier alpha value is -3.49. The molecule has 0 amide bonds. The Bertz CT molecular complexity index is 1420. The predicted octanol–water partition coefficient (Wildman–Crippen LogP) is 6.54. The lowest BCUT2D eigenvalue weighted by Crippen LogP contribution is -2.15. The van der Waals surface area contributed by atoms with Crippen LogP contribution in [0.5, 0.6) is 11.5 Å². The van der Waals surface area contributed by atoms with Crippen LogP contribution in [0.3, 0.4) is 0 Å². The number of anilines is 3. The first-order valence-electron chi connectivity index (χ1n) is 10.00. The number of rotatable bonds is 5. The number of benzene rings is 4. The standard InChI is InChI=1S/C25H18FNO4S2/c1-30-20-12-15-23-25(16-20)32-24-5-3-2-4-22(24)27(23)18-8-13-21(14-9-18)33(28,29)31-19-10-6-17(26)7-11-19/h2-16H,1H3. The van der Waals surface area contributed by atoms with Crippen molar-refractivity contribution in [1.29, 1.82) is 0 Å². The molecule has 1 heterocycles. The fraction of sp³-hybridized carbons (Fsp3) is 0.0400. The quantitative estimate of drug-likeness (QED) is 0.267. The number of methoxy groups -OCH3 is 1. The Morgan fingerprint density at radius 3 is 2.18 bits per heavy atom. The van der Waals surface area contributed by atoms with Crippen LogP contribution in [0.15, 0.2) is 106 Å². The van der Waals surface area contributed by atoms with E-state index in [4.69, 9.17) is 8.92 Å². The third-order valence-corrected chi connectivity index (χ3v) is 7.51. The number of halogens is 1. The summed E-state index contributed by atoms with van der Waals surface area (Å²) < 4.78 is 49.0. The van der Waals surface area contributed by atoms with Crippen LogP contribution in [0, 0.1) is 5.82 Å². The first-order chi connectivity index (χ1) is 15.9. The molecular weight excluding hydrogens is 461 g/mol. The van der Waals surface area contributed by atoms with E-state index in [1.807, 2.05) is 42.5 Å². The average Bonchev–Trinajstić information content (AvgIpc) is 2.83. The molecule has 5 rings (SSSR count). The van der Waals surface area contributed by atoms with Gasteiger partial charge >= 0.3 is 10.1 Å². The van der Waals surface area contributed by atoms with Crippen molar-refractivity contribution < 1.29 is 21.7 Å².